The van der Waals surface area contributed by atoms with E-state index in [9.17, 15) is 0 Å². The number of nitrogens with two attached hydrogens (primary N) is 1. The molecule has 5 aromatic rings. The highest BCUT2D eigenvalue weighted by atomic mass is 15.3. The van der Waals surface area contributed by atoms with Crippen LogP contribution in [0.15, 0.2) is 85.5 Å². The van der Waals surface area contributed by atoms with E-state index < -0.39 is 0 Å². The number of rotatable bonds is 4. The van der Waals surface area contributed by atoms with Crippen LogP contribution in [0.4, 0.5) is 5.69 Å². The van der Waals surface area contributed by atoms with Gasteiger partial charge in [-0.05, 0) is 29.3 Å². The molecule has 0 radical (unpaired) electrons. The van der Waals surface area contributed by atoms with Crippen LogP contribution in [-0.4, -0.2) is 19.7 Å². The predicted molar refractivity (Wildman–Crippen MR) is 113 cm³/mol. The molecule has 0 spiro atoms. The van der Waals surface area contributed by atoms with E-state index in [2.05, 4.69) is 39.5 Å². The lowest BCUT2D eigenvalue weighted by atomic mass is 10.0. The number of benzene rings is 2. The van der Waals surface area contributed by atoms with Crippen molar-refractivity contribution in [3.63, 3.8) is 0 Å². The van der Waals surface area contributed by atoms with Gasteiger partial charge in [-0.3, -0.25) is 4.68 Å². The lowest BCUT2D eigenvalue weighted by molar-refractivity contribution is 0.687. The fraction of sp³-hybridized carbons (Fsp3) is 0.0435. The van der Waals surface area contributed by atoms with Gasteiger partial charge in [0.05, 0.1) is 12.7 Å². The first-order valence-corrected chi connectivity index (χ1v) is 9.16. The highest BCUT2D eigenvalue weighted by Gasteiger charge is 2.11. The summed E-state index contributed by atoms with van der Waals surface area (Å²) in [6, 6.07) is 20.3. The maximum atomic E-state index is 5.81. The Morgan fingerprint density at radius 3 is 2.54 bits per heavy atom. The number of nitrogens with one attached hydrogen (secondary N) is 1. The van der Waals surface area contributed by atoms with E-state index in [0.717, 1.165) is 45.5 Å². The molecule has 5 rings (SSSR count). The van der Waals surface area contributed by atoms with E-state index in [1.54, 1.807) is 0 Å². The molecule has 0 saturated carbocycles. The summed E-state index contributed by atoms with van der Waals surface area (Å²) in [5.41, 5.74) is 13.0. The van der Waals surface area contributed by atoms with Gasteiger partial charge < -0.3 is 10.7 Å². The van der Waals surface area contributed by atoms with Gasteiger partial charge in [0.25, 0.3) is 0 Å². The van der Waals surface area contributed by atoms with Crippen molar-refractivity contribution in [2.24, 2.45) is 0 Å². The van der Waals surface area contributed by atoms with Crippen molar-refractivity contribution < 1.29 is 0 Å². The zero-order valence-electron chi connectivity index (χ0n) is 15.2. The van der Waals surface area contributed by atoms with Gasteiger partial charge >= 0.3 is 0 Å². The number of anilines is 1. The molecule has 0 saturated heterocycles. The zero-order chi connectivity index (χ0) is 18.9. The Hall–Kier alpha value is -3.86. The van der Waals surface area contributed by atoms with Crippen molar-refractivity contribution in [3.8, 4) is 22.3 Å². The lowest BCUT2D eigenvalue weighted by Crippen LogP contribution is -1.99. The number of pyridine rings is 1. The summed E-state index contributed by atoms with van der Waals surface area (Å²) in [5, 5.41) is 5.61. The van der Waals surface area contributed by atoms with E-state index in [0.29, 0.717) is 0 Å². The summed E-state index contributed by atoms with van der Waals surface area (Å²) < 4.78 is 1.96. The van der Waals surface area contributed by atoms with Gasteiger partial charge in [-0.1, -0.05) is 42.5 Å². The highest BCUT2D eigenvalue weighted by molar-refractivity contribution is 5.95. The Balaban J connectivity index is 1.51. The van der Waals surface area contributed by atoms with Crippen molar-refractivity contribution in [1.82, 2.24) is 19.7 Å². The SMILES string of the molecule is Nc1ccc(-c2cnc3[nH]cc(-c4cnn(Cc5ccccc5)c4)c3c2)cc1. The van der Waals surface area contributed by atoms with Gasteiger partial charge in [0, 0.05) is 46.4 Å². The third-order valence-electron chi connectivity index (χ3n) is 4.91. The van der Waals surface area contributed by atoms with Gasteiger partial charge in [0.2, 0.25) is 0 Å². The fourth-order valence-corrected chi connectivity index (χ4v) is 3.44. The second-order valence-corrected chi connectivity index (χ2v) is 6.86. The molecule has 0 fully saturated rings. The van der Waals surface area contributed by atoms with Gasteiger partial charge in [0.1, 0.15) is 5.65 Å². The van der Waals surface area contributed by atoms with E-state index in [1.807, 2.05) is 65.7 Å². The molecule has 3 N–H and O–H groups in total. The Morgan fingerprint density at radius 2 is 1.71 bits per heavy atom. The quantitative estimate of drug-likeness (QED) is 0.453. The molecule has 0 aliphatic carbocycles. The van der Waals surface area contributed by atoms with Gasteiger partial charge in [-0.2, -0.15) is 5.10 Å². The van der Waals surface area contributed by atoms with Crippen molar-refractivity contribution in [1.29, 1.82) is 0 Å². The van der Waals surface area contributed by atoms with Crippen molar-refractivity contribution in [2.45, 2.75) is 6.54 Å². The topological polar surface area (TPSA) is 72.5 Å². The van der Waals surface area contributed by atoms with E-state index >= 15 is 0 Å². The van der Waals surface area contributed by atoms with Crippen LogP contribution in [0, 0.1) is 0 Å². The predicted octanol–water partition coefficient (Wildman–Crippen LogP) is 4.72. The first kappa shape index (κ1) is 16.3. The van der Waals surface area contributed by atoms with E-state index in [1.165, 1.54) is 5.56 Å². The minimum Gasteiger partial charge on any atom is -0.399 e. The third kappa shape index (κ3) is 3.03. The molecule has 136 valence electrons. The summed E-state index contributed by atoms with van der Waals surface area (Å²) in [6.45, 7) is 0.748. The Bertz CT molecular complexity index is 1230. The molecule has 5 nitrogen and oxygen atoms in total. The molecule has 0 atom stereocenters. The number of nitrogen functional groups attached to an aromatic ring is 1. The standard InChI is InChI=1S/C23H19N5/c24-20-8-6-17(7-9-20)18-10-21-22(13-26-23(21)25-11-18)19-12-27-28(15-19)14-16-4-2-1-3-5-16/h1-13,15H,14,24H2,(H,25,26). The zero-order valence-corrected chi connectivity index (χ0v) is 15.2. The van der Waals surface area contributed by atoms with E-state index in [-0.39, 0.29) is 0 Å². The number of aromatic nitrogens is 4. The summed E-state index contributed by atoms with van der Waals surface area (Å²) in [7, 11) is 0. The minimum absolute atomic E-state index is 0.748. The van der Waals surface area contributed by atoms with Gasteiger partial charge in [0.15, 0.2) is 0 Å². The molecular formula is C23H19N5. The molecule has 0 aliphatic heterocycles. The van der Waals surface area contributed by atoms with Crippen LogP contribution in [-0.2, 0) is 6.54 Å². The van der Waals surface area contributed by atoms with E-state index in [4.69, 9.17) is 5.73 Å². The Kier molecular flexibility index (Phi) is 3.91. The summed E-state index contributed by atoms with van der Waals surface area (Å²) >= 11 is 0. The average molecular weight is 365 g/mol. The highest BCUT2D eigenvalue weighted by Crippen LogP contribution is 2.31. The molecule has 2 aromatic carbocycles. The second-order valence-electron chi connectivity index (χ2n) is 6.86. The van der Waals surface area contributed by atoms with Crippen molar-refractivity contribution in [2.75, 3.05) is 5.73 Å². The molecule has 0 unspecified atom stereocenters. The summed E-state index contributed by atoms with van der Waals surface area (Å²) in [4.78, 5) is 7.85. The molecule has 5 heteroatoms. The largest absolute Gasteiger partial charge is 0.399 e. The number of aromatic amines is 1. The average Bonchev–Trinajstić information content (AvgIpc) is 3.35. The monoisotopic (exact) mass is 365 g/mol. The first-order chi connectivity index (χ1) is 13.8. The minimum atomic E-state index is 0.748. The molecule has 3 aromatic heterocycles. The van der Waals surface area contributed by atoms with Crippen molar-refractivity contribution >= 4 is 16.7 Å². The van der Waals surface area contributed by atoms with Crippen LogP contribution in [0.2, 0.25) is 0 Å². The second kappa shape index (κ2) is 6.70. The van der Waals surface area contributed by atoms with Crippen LogP contribution in [0.25, 0.3) is 33.3 Å². The van der Waals surface area contributed by atoms with Crippen LogP contribution in [0.5, 0.6) is 0 Å². The Labute approximate surface area is 162 Å². The molecule has 0 aliphatic rings. The number of hydrogen-bond acceptors (Lipinski definition) is 3. The van der Waals surface area contributed by atoms with Crippen molar-refractivity contribution in [3.05, 3.63) is 91.0 Å². The smallest absolute Gasteiger partial charge is 0.137 e. The molecule has 28 heavy (non-hydrogen) atoms. The molecule has 3 heterocycles. The number of hydrogen-bond donors (Lipinski definition) is 2. The summed E-state index contributed by atoms with van der Waals surface area (Å²) in [5.74, 6) is 0. The van der Waals surface area contributed by atoms with Crippen LogP contribution in [0.1, 0.15) is 5.56 Å². The van der Waals surface area contributed by atoms with Gasteiger partial charge in [-0.25, -0.2) is 4.98 Å². The number of H-pyrrole nitrogens is 1. The van der Waals surface area contributed by atoms with Crippen LogP contribution in [0.3, 0.4) is 0 Å². The van der Waals surface area contributed by atoms with Crippen LogP contribution >= 0.6 is 0 Å². The molecule has 0 amide bonds. The summed E-state index contributed by atoms with van der Waals surface area (Å²) in [6.07, 6.45) is 7.86. The maximum Gasteiger partial charge on any atom is 0.137 e. The number of nitrogens with zero attached hydrogens (tertiary/aromatic N) is 3. The molecular weight excluding hydrogens is 346 g/mol. The normalized spacial score (nSPS) is 11.1. The fourth-order valence-electron chi connectivity index (χ4n) is 3.44. The van der Waals surface area contributed by atoms with Gasteiger partial charge in [-0.15, -0.1) is 0 Å². The molecule has 0 bridgehead atoms. The third-order valence-corrected chi connectivity index (χ3v) is 4.91. The maximum absolute atomic E-state index is 5.81. The Morgan fingerprint density at radius 1 is 0.893 bits per heavy atom. The van der Waals surface area contributed by atoms with Crippen LogP contribution < -0.4 is 5.73 Å². The lowest BCUT2D eigenvalue weighted by Gasteiger charge is -2.03. The number of fused-ring (bicyclic) bond motifs is 1. The first-order valence-electron chi connectivity index (χ1n) is 9.16.